The van der Waals surface area contributed by atoms with Crippen LogP contribution in [0.3, 0.4) is 0 Å². The molecule has 0 atom stereocenters. The number of anilines is 2. The van der Waals surface area contributed by atoms with Gasteiger partial charge in [-0.25, -0.2) is 0 Å². The number of thioether (sulfide) groups is 1. The minimum atomic E-state index is -0.205. The van der Waals surface area contributed by atoms with Crippen LogP contribution in [0.4, 0.5) is 11.4 Å². The molecule has 0 saturated heterocycles. The normalized spacial score (nSPS) is 11.0. The van der Waals surface area contributed by atoms with E-state index in [-0.39, 0.29) is 17.6 Å². The summed E-state index contributed by atoms with van der Waals surface area (Å²) in [5, 5.41) is 15.0. The molecule has 0 bridgehead atoms. The first-order valence-electron chi connectivity index (χ1n) is 11.4. The van der Waals surface area contributed by atoms with Gasteiger partial charge in [0.05, 0.1) is 5.75 Å². The molecule has 36 heavy (non-hydrogen) atoms. The van der Waals surface area contributed by atoms with Crippen LogP contribution in [0.25, 0.3) is 17.5 Å². The number of aromatic nitrogens is 3. The van der Waals surface area contributed by atoms with Gasteiger partial charge in [-0.15, -0.1) is 10.2 Å². The maximum atomic E-state index is 12.5. The molecule has 0 radical (unpaired) electrons. The van der Waals surface area contributed by atoms with Gasteiger partial charge in [0, 0.05) is 30.1 Å². The number of rotatable bonds is 8. The van der Waals surface area contributed by atoms with Gasteiger partial charge in [-0.3, -0.25) is 9.59 Å². The molecular formula is C28H27N5O2S. The van der Waals surface area contributed by atoms with Gasteiger partial charge in [0.2, 0.25) is 11.8 Å². The van der Waals surface area contributed by atoms with Crippen molar-refractivity contribution in [2.45, 2.75) is 19.0 Å². The van der Waals surface area contributed by atoms with E-state index in [4.69, 9.17) is 0 Å². The molecule has 0 saturated carbocycles. The summed E-state index contributed by atoms with van der Waals surface area (Å²) in [4.78, 5) is 24.7. The Kier molecular flexibility index (Phi) is 7.97. The third-order valence-corrected chi connectivity index (χ3v) is 6.57. The van der Waals surface area contributed by atoms with Crippen LogP contribution in [-0.4, -0.2) is 32.3 Å². The first kappa shape index (κ1) is 24.9. The molecule has 0 aliphatic rings. The van der Waals surface area contributed by atoms with Crippen LogP contribution in [0.2, 0.25) is 0 Å². The molecule has 1 heterocycles. The van der Waals surface area contributed by atoms with Crippen molar-refractivity contribution in [2.75, 3.05) is 16.4 Å². The molecule has 1 aromatic heterocycles. The van der Waals surface area contributed by atoms with Crippen molar-refractivity contribution in [3.8, 4) is 11.4 Å². The highest BCUT2D eigenvalue weighted by molar-refractivity contribution is 7.99. The molecule has 3 aromatic carbocycles. The molecule has 0 aliphatic heterocycles. The van der Waals surface area contributed by atoms with Crippen molar-refractivity contribution < 1.29 is 9.59 Å². The first-order valence-corrected chi connectivity index (χ1v) is 12.4. The number of para-hydroxylation sites is 1. The van der Waals surface area contributed by atoms with Gasteiger partial charge in [-0.1, -0.05) is 60.3 Å². The van der Waals surface area contributed by atoms with Gasteiger partial charge in [0.15, 0.2) is 11.0 Å². The molecule has 7 nitrogen and oxygen atoms in total. The van der Waals surface area contributed by atoms with Crippen molar-refractivity contribution in [3.63, 3.8) is 0 Å². The van der Waals surface area contributed by atoms with Crippen LogP contribution in [0.5, 0.6) is 0 Å². The first-order chi connectivity index (χ1) is 17.4. The van der Waals surface area contributed by atoms with E-state index in [2.05, 4.69) is 20.8 Å². The van der Waals surface area contributed by atoms with Crippen molar-refractivity contribution in [1.29, 1.82) is 0 Å². The standard InChI is InChI=1S/C28H27N5O2S/c1-19-8-7-9-20(2)26(19)30-25(35)18-36-28-32-31-27(33(28)3)22-13-15-23(16-14-22)29-24(34)17-12-21-10-5-4-6-11-21/h4-17H,18H2,1-3H3,(H,29,34)(H,30,35)/b17-12+. The predicted octanol–water partition coefficient (Wildman–Crippen LogP) is 5.48. The van der Waals surface area contributed by atoms with E-state index in [0.29, 0.717) is 16.7 Å². The lowest BCUT2D eigenvalue weighted by atomic mass is 10.1. The zero-order valence-electron chi connectivity index (χ0n) is 20.4. The monoisotopic (exact) mass is 497 g/mol. The molecule has 0 aliphatic carbocycles. The van der Waals surface area contributed by atoms with Crippen molar-refractivity contribution >= 4 is 41.0 Å². The topological polar surface area (TPSA) is 88.9 Å². The smallest absolute Gasteiger partial charge is 0.248 e. The third kappa shape index (κ3) is 6.28. The molecule has 2 N–H and O–H groups in total. The van der Waals surface area contributed by atoms with E-state index in [1.807, 2.05) is 98.3 Å². The summed E-state index contributed by atoms with van der Waals surface area (Å²) in [5.74, 6) is 0.599. The Hall–Kier alpha value is -4.17. The predicted molar refractivity (Wildman–Crippen MR) is 146 cm³/mol. The Morgan fingerprint density at radius 1 is 0.889 bits per heavy atom. The Morgan fingerprint density at radius 2 is 1.58 bits per heavy atom. The number of nitrogens with zero attached hydrogens (tertiary/aromatic N) is 3. The molecule has 0 spiro atoms. The fraction of sp³-hybridized carbons (Fsp3) is 0.143. The van der Waals surface area contributed by atoms with Crippen molar-refractivity contribution in [2.24, 2.45) is 7.05 Å². The average molecular weight is 498 g/mol. The zero-order valence-corrected chi connectivity index (χ0v) is 21.2. The second kappa shape index (κ2) is 11.5. The molecule has 4 aromatic rings. The molecule has 0 unspecified atom stereocenters. The zero-order chi connectivity index (χ0) is 25.5. The van der Waals surface area contributed by atoms with Crippen LogP contribution in [0.1, 0.15) is 16.7 Å². The minimum absolute atomic E-state index is 0.0941. The summed E-state index contributed by atoms with van der Waals surface area (Å²) in [6.07, 6.45) is 3.27. The highest BCUT2D eigenvalue weighted by atomic mass is 32.2. The lowest BCUT2D eigenvalue weighted by Crippen LogP contribution is -2.16. The van der Waals surface area contributed by atoms with E-state index < -0.39 is 0 Å². The fourth-order valence-corrected chi connectivity index (χ4v) is 4.34. The molecule has 182 valence electrons. The minimum Gasteiger partial charge on any atom is -0.325 e. The highest BCUT2D eigenvalue weighted by Crippen LogP contribution is 2.25. The summed E-state index contributed by atoms with van der Waals surface area (Å²) in [7, 11) is 1.87. The third-order valence-electron chi connectivity index (χ3n) is 5.55. The summed E-state index contributed by atoms with van der Waals surface area (Å²) >= 11 is 1.33. The van der Waals surface area contributed by atoms with Gasteiger partial charge in [-0.05, 0) is 60.9 Å². The summed E-state index contributed by atoms with van der Waals surface area (Å²) < 4.78 is 1.85. The average Bonchev–Trinajstić information content (AvgIpc) is 3.25. The summed E-state index contributed by atoms with van der Waals surface area (Å²) in [5.41, 5.74) is 5.41. The van der Waals surface area contributed by atoms with Crippen LogP contribution in [0.15, 0.2) is 84.0 Å². The van der Waals surface area contributed by atoms with Crippen LogP contribution < -0.4 is 10.6 Å². The maximum Gasteiger partial charge on any atom is 0.248 e. The van der Waals surface area contributed by atoms with Gasteiger partial charge < -0.3 is 15.2 Å². The Bertz CT molecular complexity index is 1380. The number of hydrogen-bond donors (Lipinski definition) is 2. The number of amides is 2. The van der Waals surface area contributed by atoms with E-state index in [9.17, 15) is 9.59 Å². The molecule has 0 fully saturated rings. The molecule has 2 amide bonds. The molecular weight excluding hydrogens is 470 g/mol. The van der Waals surface area contributed by atoms with E-state index >= 15 is 0 Å². The second-order valence-corrected chi connectivity index (χ2v) is 9.22. The van der Waals surface area contributed by atoms with Gasteiger partial charge in [0.25, 0.3) is 0 Å². The number of carbonyl (C=O) groups excluding carboxylic acids is 2. The van der Waals surface area contributed by atoms with E-state index in [0.717, 1.165) is 27.9 Å². The second-order valence-electron chi connectivity index (χ2n) is 8.28. The Labute approximate surface area is 214 Å². The largest absolute Gasteiger partial charge is 0.325 e. The van der Waals surface area contributed by atoms with Crippen molar-refractivity contribution in [1.82, 2.24) is 14.8 Å². The number of carbonyl (C=O) groups is 2. The number of hydrogen-bond acceptors (Lipinski definition) is 5. The van der Waals surface area contributed by atoms with Gasteiger partial charge >= 0.3 is 0 Å². The van der Waals surface area contributed by atoms with E-state index in [1.165, 1.54) is 17.8 Å². The van der Waals surface area contributed by atoms with Gasteiger partial charge in [-0.2, -0.15) is 0 Å². The van der Waals surface area contributed by atoms with Crippen LogP contribution in [0, 0.1) is 13.8 Å². The number of nitrogens with one attached hydrogen (secondary N) is 2. The van der Waals surface area contributed by atoms with Crippen molar-refractivity contribution in [3.05, 3.63) is 95.6 Å². The van der Waals surface area contributed by atoms with Crippen LogP contribution in [-0.2, 0) is 16.6 Å². The molecule has 4 rings (SSSR count). The lowest BCUT2D eigenvalue weighted by molar-refractivity contribution is -0.114. The Balaban J connectivity index is 1.34. The SMILES string of the molecule is Cc1cccc(C)c1NC(=O)CSc1nnc(-c2ccc(NC(=O)/C=C/c3ccccc3)cc2)n1C. The quantitative estimate of drug-likeness (QED) is 0.249. The van der Waals surface area contributed by atoms with Gasteiger partial charge in [0.1, 0.15) is 0 Å². The fourth-order valence-electron chi connectivity index (χ4n) is 3.63. The lowest BCUT2D eigenvalue weighted by Gasteiger charge is -2.11. The van der Waals surface area contributed by atoms with Crippen LogP contribution >= 0.6 is 11.8 Å². The number of benzene rings is 3. The summed E-state index contributed by atoms with van der Waals surface area (Å²) in [6, 6.07) is 23.0. The van der Waals surface area contributed by atoms with E-state index in [1.54, 1.807) is 6.08 Å². The molecule has 8 heteroatoms. The number of aryl methyl sites for hydroxylation is 2. The Morgan fingerprint density at radius 3 is 2.28 bits per heavy atom. The summed E-state index contributed by atoms with van der Waals surface area (Å²) in [6.45, 7) is 3.95. The highest BCUT2D eigenvalue weighted by Gasteiger charge is 2.14. The maximum absolute atomic E-state index is 12.5.